The van der Waals surface area contributed by atoms with Crippen molar-refractivity contribution in [2.75, 3.05) is 0 Å². The van der Waals surface area contributed by atoms with Crippen molar-refractivity contribution in [3.8, 4) is 0 Å². The van der Waals surface area contributed by atoms with Crippen molar-refractivity contribution in [2.45, 2.75) is 0 Å². The Morgan fingerprint density at radius 2 is 2.20 bits per heavy atom. The summed E-state index contributed by atoms with van der Waals surface area (Å²) < 4.78 is 14.7. The third kappa shape index (κ3) is 2.94. The normalized spacial score (nSPS) is 10.6. The van der Waals surface area contributed by atoms with Gasteiger partial charge in [-0.1, -0.05) is 0 Å². The van der Waals surface area contributed by atoms with Gasteiger partial charge in [-0.05, 0) is 12.1 Å². The van der Waals surface area contributed by atoms with Gasteiger partial charge in [0.25, 0.3) is 0 Å². The van der Waals surface area contributed by atoms with E-state index >= 15 is 0 Å². The molecule has 2 N–H and O–H groups in total. The molecule has 6 heteroatoms. The molecule has 10 heavy (non-hydrogen) atoms. The molecule has 0 saturated carbocycles. The minimum atomic E-state index is -4.14. The third-order valence-electron chi connectivity index (χ3n) is 0.793. The maximum atomic E-state index is 10.3. The van der Waals surface area contributed by atoms with Crippen LogP contribution in [0.2, 0.25) is 0 Å². The fourth-order valence-electron chi connectivity index (χ4n) is 0.436. The van der Waals surface area contributed by atoms with E-state index in [-0.39, 0.29) is 57.2 Å². The van der Waals surface area contributed by atoms with Gasteiger partial charge in [-0.3, -0.25) is 4.57 Å². The van der Waals surface area contributed by atoms with Crippen molar-refractivity contribution in [3.63, 3.8) is 0 Å². The molecule has 0 bridgehead atoms. The van der Waals surface area contributed by atoms with E-state index in [1.54, 1.807) is 0 Å². The number of furan rings is 1. The average molecular weight is 287 g/mol. The Labute approximate surface area is 101 Å². The van der Waals surface area contributed by atoms with Crippen LogP contribution in [0.15, 0.2) is 22.8 Å². The van der Waals surface area contributed by atoms with Crippen molar-refractivity contribution >= 4 is 62.0 Å². The van der Waals surface area contributed by atoms with Gasteiger partial charge in [0.1, 0.15) is 0 Å². The Hall–Kier alpha value is 1.00. The largest absolute Gasteiger partial charge is 2.00 e. The number of rotatable bonds is 1. The molecule has 0 saturated heterocycles. The van der Waals surface area contributed by atoms with Crippen molar-refractivity contribution in [1.29, 1.82) is 0 Å². The van der Waals surface area contributed by atoms with Gasteiger partial charge in [0.05, 0.1) is 6.26 Å². The van der Waals surface area contributed by atoms with Gasteiger partial charge in [-0.25, -0.2) is 0 Å². The molecule has 1 rings (SSSR count). The van der Waals surface area contributed by atoms with Crippen LogP contribution in [0.25, 0.3) is 0 Å². The Kier molecular flexibility index (Phi) is 4.55. The summed E-state index contributed by atoms with van der Waals surface area (Å²) in [5.41, 5.74) is -0.289. The fourth-order valence-corrected chi connectivity index (χ4v) is 0.914. The smallest absolute Gasteiger partial charge is 1.00 e. The second-order valence-electron chi connectivity index (χ2n) is 1.50. The van der Waals surface area contributed by atoms with E-state index in [9.17, 15) is 4.57 Å². The molecule has 54 valence electrons. The van der Waals surface area contributed by atoms with Gasteiger partial charge in [0.15, 0.2) is 0 Å². The van der Waals surface area contributed by atoms with Gasteiger partial charge < -0.3 is 17.1 Å². The fraction of sp³-hybridized carbons (Fsp3) is 0. The zero-order valence-corrected chi connectivity index (χ0v) is 10.4. The molecule has 1 heterocycles. The van der Waals surface area contributed by atoms with E-state index < -0.39 is 7.60 Å². The van der Waals surface area contributed by atoms with Crippen LogP contribution < -0.4 is 5.50 Å². The van der Waals surface area contributed by atoms with Gasteiger partial charge >= 0.3 is 56.5 Å². The first kappa shape index (κ1) is 11.0. The summed E-state index contributed by atoms with van der Waals surface area (Å²) >= 11 is 0. The molecule has 0 radical (unpaired) electrons. The Morgan fingerprint density at radius 3 is 2.40 bits per heavy atom. The molecule has 0 aliphatic carbocycles. The van der Waals surface area contributed by atoms with Crippen molar-refractivity contribution in [3.05, 3.63) is 18.4 Å². The van der Waals surface area contributed by atoms with Gasteiger partial charge in [0, 0.05) is 0 Å². The van der Waals surface area contributed by atoms with E-state index in [4.69, 9.17) is 9.79 Å². The molecule has 1 aromatic rings. The van der Waals surface area contributed by atoms with Crippen LogP contribution in [-0.4, -0.2) is 58.7 Å². The standard InChI is InChI=1S/C4H5O4P.Ba.2H/c5-9(6,7)4-2-1-3-8-4;;;/h1-3H,(H2,5,6,7);;;/q;+2;2*-1. The first-order valence-electron chi connectivity index (χ1n) is 2.20. The first-order valence-corrected chi connectivity index (χ1v) is 3.81. The van der Waals surface area contributed by atoms with E-state index in [1.165, 1.54) is 18.4 Å². The summed E-state index contributed by atoms with van der Waals surface area (Å²) in [5, 5.41) is 0. The monoisotopic (exact) mass is 288 g/mol. The molecule has 0 aliphatic heterocycles. The molecule has 0 aliphatic rings. The van der Waals surface area contributed by atoms with Crippen LogP contribution in [0.4, 0.5) is 0 Å². The Balaban J connectivity index is -0.000000270. The molecule has 0 atom stereocenters. The van der Waals surface area contributed by atoms with E-state index in [1.807, 2.05) is 0 Å². The van der Waals surface area contributed by atoms with E-state index in [0.717, 1.165) is 0 Å². The first-order chi connectivity index (χ1) is 4.11. The molecule has 4 nitrogen and oxygen atoms in total. The predicted octanol–water partition coefficient (Wildman–Crippen LogP) is -0.0732. The van der Waals surface area contributed by atoms with Crippen LogP contribution in [0.1, 0.15) is 2.85 Å². The minimum absolute atomic E-state index is 0. The summed E-state index contributed by atoms with van der Waals surface area (Å²) in [7, 11) is -4.14. The Bertz CT molecular complexity index is 233. The predicted molar refractivity (Wildman–Crippen MR) is 38.4 cm³/mol. The molecule has 0 amide bonds. The molecule has 0 fully saturated rings. The zero-order valence-electron chi connectivity index (χ0n) is 7.10. The van der Waals surface area contributed by atoms with Gasteiger partial charge in [-0.15, -0.1) is 0 Å². The van der Waals surface area contributed by atoms with Gasteiger partial charge in [0.2, 0.25) is 5.50 Å². The second-order valence-corrected chi connectivity index (χ2v) is 3.02. The summed E-state index contributed by atoms with van der Waals surface area (Å²) in [6.07, 6.45) is 1.22. The van der Waals surface area contributed by atoms with Crippen LogP contribution in [0, 0.1) is 0 Å². The number of hydrogen-bond acceptors (Lipinski definition) is 2. The molecule has 0 unspecified atom stereocenters. The average Bonchev–Trinajstić information content (AvgIpc) is 2.08. The molecular formula is C4H7BaO4P. The quantitative estimate of drug-likeness (QED) is 0.560. The SMILES string of the molecule is O=P(O)(O)c1ccco1.[Ba+2].[H-].[H-]. The third-order valence-corrected chi connectivity index (χ3v) is 1.62. The van der Waals surface area contributed by atoms with Crippen LogP contribution >= 0.6 is 7.60 Å². The van der Waals surface area contributed by atoms with Crippen LogP contribution in [0.3, 0.4) is 0 Å². The van der Waals surface area contributed by atoms with Crippen molar-refractivity contribution < 1.29 is 21.6 Å². The molecule has 0 aromatic carbocycles. The maximum absolute atomic E-state index is 10.3. The van der Waals surface area contributed by atoms with Crippen molar-refractivity contribution in [1.82, 2.24) is 0 Å². The second kappa shape index (κ2) is 4.13. The molecular weight excluding hydrogens is 280 g/mol. The maximum Gasteiger partial charge on any atom is 2.00 e. The van der Waals surface area contributed by atoms with Crippen molar-refractivity contribution in [2.24, 2.45) is 0 Å². The number of hydrogen-bond donors (Lipinski definition) is 2. The Morgan fingerprint density at radius 1 is 1.60 bits per heavy atom. The summed E-state index contributed by atoms with van der Waals surface area (Å²) in [6.45, 7) is 0. The molecule has 1 aromatic heterocycles. The van der Waals surface area contributed by atoms with Crippen LogP contribution in [0.5, 0.6) is 0 Å². The summed E-state index contributed by atoms with van der Waals surface area (Å²) in [4.78, 5) is 16.8. The summed E-state index contributed by atoms with van der Waals surface area (Å²) in [6, 6.07) is 2.66. The minimum Gasteiger partial charge on any atom is -1.00 e. The topological polar surface area (TPSA) is 70.7 Å². The molecule has 0 spiro atoms. The summed E-state index contributed by atoms with van der Waals surface area (Å²) in [5.74, 6) is 0. The van der Waals surface area contributed by atoms with Crippen LogP contribution in [-0.2, 0) is 4.57 Å². The zero-order chi connectivity index (χ0) is 6.91. The van der Waals surface area contributed by atoms with Gasteiger partial charge in [-0.2, -0.15) is 0 Å². The van der Waals surface area contributed by atoms with E-state index in [2.05, 4.69) is 4.42 Å². The van der Waals surface area contributed by atoms with E-state index in [0.29, 0.717) is 0 Å².